The summed E-state index contributed by atoms with van der Waals surface area (Å²) < 4.78 is 6.25. The minimum absolute atomic E-state index is 0.165. The molecule has 0 heterocycles. The summed E-state index contributed by atoms with van der Waals surface area (Å²) in [6.07, 6.45) is 4.73. The number of ether oxygens (including phenoxy) is 1. The number of esters is 1. The maximum atomic E-state index is 14.0. The van der Waals surface area contributed by atoms with Crippen LogP contribution in [0.5, 0.6) is 0 Å². The lowest BCUT2D eigenvalue weighted by atomic mass is 9.99. The molecule has 4 nitrogen and oxygen atoms in total. The average Bonchev–Trinajstić information content (AvgIpc) is 3.03. The largest absolute Gasteiger partial charge is 0.451 e. The molecule has 0 amide bonds. The smallest absolute Gasteiger partial charge is 0.331 e. The van der Waals surface area contributed by atoms with Crippen LogP contribution < -0.4 is 0 Å². The first kappa shape index (κ1) is 29.7. The van der Waals surface area contributed by atoms with Gasteiger partial charge in [0, 0.05) is 24.0 Å². The zero-order valence-electron chi connectivity index (χ0n) is 23.8. The second kappa shape index (κ2) is 16.1. The van der Waals surface area contributed by atoms with Gasteiger partial charge in [0.15, 0.2) is 6.10 Å². The topological polar surface area (TPSA) is 55.7 Å². The lowest BCUT2D eigenvalue weighted by molar-refractivity contribution is -0.149. The van der Waals surface area contributed by atoms with Crippen LogP contribution in [0.4, 0.5) is 0 Å². The Hall–Kier alpha value is -4.31. The van der Waals surface area contributed by atoms with Crippen molar-refractivity contribution in [2.24, 2.45) is 4.99 Å². The number of aliphatic imine (C=N–C) groups is 1. The van der Waals surface area contributed by atoms with Crippen LogP contribution in [-0.2, 0) is 14.3 Å². The molecule has 4 aromatic rings. The molecule has 0 spiro atoms. The molecule has 210 valence electrons. The summed E-state index contributed by atoms with van der Waals surface area (Å²) in [5, 5.41) is 0. The summed E-state index contributed by atoms with van der Waals surface area (Å²) in [6.45, 7) is 2.16. The van der Waals surface area contributed by atoms with Crippen molar-refractivity contribution < 1.29 is 14.3 Å². The first-order chi connectivity index (χ1) is 20.2. The quantitative estimate of drug-likeness (QED) is 0.0854. The van der Waals surface area contributed by atoms with Gasteiger partial charge >= 0.3 is 5.97 Å². The fraction of sp³-hybridized carbons (Fsp3) is 0.270. The van der Waals surface area contributed by atoms with Gasteiger partial charge in [-0.1, -0.05) is 148 Å². The summed E-state index contributed by atoms with van der Waals surface area (Å²) in [5.74, 6) is -0.274. The van der Waals surface area contributed by atoms with Crippen molar-refractivity contribution in [3.63, 3.8) is 0 Å². The van der Waals surface area contributed by atoms with Gasteiger partial charge < -0.3 is 4.74 Å². The van der Waals surface area contributed by atoms with Gasteiger partial charge in [0.2, 0.25) is 0 Å². The summed E-state index contributed by atoms with van der Waals surface area (Å²) >= 11 is 0. The van der Waals surface area contributed by atoms with Gasteiger partial charge in [-0.3, -0.25) is 9.79 Å². The predicted molar refractivity (Wildman–Crippen MR) is 166 cm³/mol. The number of nitrogens with zero attached hydrogens (tertiary/aromatic N) is 1. The van der Waals surface area contributed by atoms with Crippen molar-refractivity contribution in [3.05, 3.63) is 144 Å². The van der Waals surface area contributed by atoms with Crippen molar-refractivity contribution in [1.82, 2.24) is 0 Å². The Labute approximate surface area is 244 Å². The highest BCUT2D eigenvalue weighted by molar-refractivity contribution is 6.13. The zero-order chi connectivity index (χ0) is 28.7. The van der Waals surface area contributed by atoms with Gasteiger partial charge in [0.1, 0.15) is 11.8 Å². The predicted octanol–water partition coefficient (Wildman–Crippen LogP) is 8.55. The van der Waals surface area contributed by atoms with E-state index in [0.29, 0.717) is 18.6 Å². The number of benzene rings is 4. The number of hydrogen-bond acceptors (Lipinski definition) is 4. The molecule has 4 aromatic carbocycles. The van der Waals surface area contributed by atoms with Gasteiger partial charge in [-0.05, 0) is 24.0 Å². The van der Waals surface area contributed by atoms with Crippen LogP contribution in [0.3, 0.4) is 0 Å². The summed E-state index contributed by atoms with van der Waals surface area (Å²) in [4.78, 5) is 31.8. The van der Waals surface area contributed by atoms with Crippen LogP contribution in [0.2, 0.25) is 0 Å². The third-order valence-electron chi connectivity index (χ3n) is 7.10. The Bertz CT molecular complexity index is 1290. The van der Waals surface area contributed by atoms with Crippen molar-refractivity contribution in [3.8, 4) is 0 Å². The molecule has 4 rings (SSSR count). The fourth-order valence-electron chi connectivity index (χ4n) is 4.85. The first-order valence-corrected chi connectivity index (χ1v) is 14.7. The van der Waals surface area contributed by atoms with Crippen LogP contribution >= 0.6 is 0 Å². The third kappa shape index (κ3) is 9.11. The van der Waals surface area contributed by atoms with E-state index in [1.807, 2.05) is 121 Å². The molecule has 0 N–H and O–H groups in total. The Morgan fingerprint density at radius 1 is 0.634 bits per heavy atom. The number of rotatable bonds is 15. The number of Topliss-reactive ketones (excluding diaryl/α,β-unsaturated/α-hetero) is 1. The highest BCUT2D eigenvalue weighted by Gasteiger charge is 2.27. The number of unbranched alkanes of at least 4 members (excludes halogenated alkanes) is 3. The van der Waals surface area contributed by atoms with Gasteiger partial charge in [-0.15, -0.1) is 0 Å². The van der Waals surface area contributed by atoms with E-state index in [2.05, 4.69) is 6.92 Å². The molecular formula is C37H39NO3. The molecule has 0 saturated carbocycles. The van der Waals surface area contributed by atoms with E-state index in [-0.39, 0.29) is 12.2 Å². The SMILES string of the molecule is CCCCCCC(=O)CC[C@H](N=C(c1ccccc1)c1ccccc1)C(=O)OC(c1ccccc1)c1ccccc1. The van der Waals surface area contributed by atoms with Crippen LogP contribution in [0.1, 0.15) is 80.2 Å². The molecule has 0 aliphatic heterocycles. The van der Waals surface area contributed by atoms with E-state index in [9.17, 15) is 9.59 Å². The lowest BCUT2D eigenvalue weighted by Crippen LogP contribution is -2.27. The van der Waals surface area contributed by atoms with Crippen molar-refractivity contribution >= 4 is 17.5 Å². The van der Waals surface area contributed by atoms with E-state index >= 15 is 0 Å². The molecule has 0 aliphatic rings. The minimum Gasteiger partial charge on any atom is -0.451 e. The maximum Gasteiger partial charge on any atom is 0.331 e. The third-order valence-corrected chi connectivity index (χ3v) is 7.10. The summed E-state index contributed by atoms with van der Waals surface area (Å²) in [7, 11) is 0. The molecule has 0 bridgehead atoms. The van der Waals surface area contributed by atoms with Gasteiger partial charge in [-0.2, -0.15) is 0 Å². The molecule has 4 heteroatoms. The second-order valence-corrected chi connectivity index (χ2v) is 10.3. The van der Waals surface area contributed by atoms with Gasteiger partial charge in [0.05, 0.1) is 5.71 Å². The number of ketones is 1. The summed E-state index contributed by atoms with van der Waals surface area (Å²) in [6, 6.07) is 38.4. The van der Waals surface area contributed by atoms with Crippen LogP contribution in [0.25, 0.3) is 0 Å². The Balaban J connectivity index is 1.66. The Morgan fingerprint density at radius 2 is 1.12 bits per heavy atom. The summed E-state index contributed by atoms with van der Waals surface area (Å²) in [5.41, 5.74) is 4.29. The maximum absolute atomic E-state index is 14.0. The molecule has 41 heavy (non-hydrogen) atoms. The first-order valence-electron chi connectivity index (χ1n) is 14.7. The lowest BCUT2D eigenvalue weighted by Gasteiger charge is -2.22. The molecule has 1 atom stereocenters. The molecule has 0 radical (unpaired) electrons. The van der Waals surface area contributed by atoms with E-state index in [0.717, 1.165) is 47.9 Å². The normalized spacial score (nSPS) is 11.6. The highest BCUT2D eigenvalue weighted by Crippen LogP contribution is 2.27. The molecule has 0 aromatic heterocycles. The standard InChI is InChI=1S/C37H39NO3/c1-2-3-4-17-26-33(39)27-28-34(38-35(29-18-9-5-10-19-29)30-20-11-6-12-21-30)37(40)41-36(31-22-13-7-14-23-31)32-24-15-8-16-25-32/h5-16,18-25,34,36H,2-4,17,26-28H2,1H3/t34-/m0/s1. The van der Waals surface area contributed by atoms with Crippen molar-refractivity contribution in [2.45, 2.75) is 64.0 Å². The number of carbonyl (C=O) groups excluding carboxylic acids is 2. The molecule has 0 aliphatic carbocycles. The van der Waals surface area contributed by atoms with Crippen molar-refractivity contribution in [2.75, 3.05) is 0 Å². The second-order valence-electron chi connectivity index (χ2n) is 10.3. The Kier molecular flexibility index (Phi) is 11.6. The molecule has 0 saturated heterocycles. The average molecular weight is 546 g/mol. The van der Waals surface area contributed by atoms with Gasteiger partial charge in [-0.25, -0.2) is 4.79 Å². The number of carbonyl (C=O) groups is 2. The molecular weight excluding hydrogens is 506 g/mol. The van der Waals surface area contributed by atoms with Gasteiger partial charge in [0.25, 0.3) is 0 Å². The van der Waals surface area contributed by atoms with E-state index < -0.39 is 18.1 Å². The zero-order valence-corrected chi connectivity index (χ0v) is 23.8. The highest BCUT2D eigenvalue weighted by atomic mass is 16.5. The van der Waals surface area contributed by atoms with E-state index in [1.165, 1.54) is 0 Å². The molecule has 0 unspecified atom stereocenters. The Morgan fingerprint density at radius 3 is 1.61 bits per heavy atom. The number of hydrogen-bond donors (Lipinski definition) is 0. The monoisotopic (exact) mass is 545 g/mol. The molecule has 0 fully saturated rings. The van der Waals surface area contributed by atoms with Crippen LogP contribution in [-0.4, -0.2) is 23.5 Å². The fourth-order valence-corrected chi connectivity index (χ4v) is 4.85. The van der Waals surface area contributed by atoms with Crippen molar-refractivity contribution in [1.29, 1.82) is 0 Å². The minimum atomic E-state index is -0.833. The van der Waals surface area contributed by atoms with E-state index in [1.54, 1.807) is 0 Å². The van der Waals surface area contributed by atoms with Crippen LogP contribution in [0, 0.1) is 0 Å². The van der Waals surface area contributed by atoms with Crippen LogP contribution in [0.15, 0.2) is 126 Å². The van der Waals surface area contributed by atoms with E-state index in [4.69, 9.17) is 9.73 Å².